The first-order chi connectivity index (χ1) is 13.7. The molecule has 1 aliphatic rings. The average Bonchev–Trinajstić information content (AvgIpc) is 2.96. The highest BCUT2D eigenvalue weighted by atomic mass is 79.9. The van der Waals surface area contributed by atoms with Crippen molar-refractivity contribution >= 4 is 37.4 Å². The van der Waals surface area contributed by atoms with Gasteiger partial charge >= 0.3 is 0 Å². The van der Waals surface area contributed by atoms with Crippen LogP contribution in [0.4, 0.5) is 0 Å². The number of thiophene rings is 1. The van der Waals surface area contributed by atoms with Gasteiger partial charge in [0.1, 0.15) is 0 Å². The predicted octanol–water partition coefficient (Wildman–Crippen LogP) is 5.07. The highest BCUT2D eigenvalue weighted by Crippen LogP contribution is 2.43. The fourth-order valence-electron chi connectivity index (χ4n) is 3.87. The molecule has 3 aromatic rings. The Balaban J connectivity index is 1.85. The maximum absolute atomic E-state index is 5.62. The lowest BCUT2D eigenvalue weighted by Crippen LogP contribution is -2.32. The van der Waals surface area contributed by atoms with Gasteiger partial charge in [-0.1, -0.05) is 34.1 Å². The van der Waals surface area contributed by atoms with Gasteiger partial charge in [0, 0.05) is 33.7 Å². The summed E-state index contributed by atoms with van der Waals surface area (Å²) in [6.45, 7) is 4.15. The van der Waals surface area contributed by atoms with Gasteiger partial charge < -0.3 is 14.8 Å². The Morgan fingerprint density at radius 1 is 1.04 bits per heavy atom. The van der Waals surface area contributed by atoms with E-state index in [9.17, 15) is 0 Å². The smallest absolute Gasteiger partial charge is 0.161 e. The van der Waals surface area contributed by atoms with Gasteiger partial charge in [0.25, 0.3) is 0 Å². The summed E-state index contributed by atoms with van der Waals surface area (Å²) in [4.78, 5) is 3.94. The van der Waals surface area contributed by atoms with Crippen molar-refractivity contribution in [3.8, 4) is 11.5 Å². The molecule has 2 heterocycles. The lowest BCUT2D eigenvalue weighted by Gasteiger charge is -2.31. The summed E-state index contributed by atoms with van der Waals surface area (Å²) in [5, 5.41) is 4.83. The quantitative estimate of drug-likeness (QED) is 0.576. The van der Waals surface area contributed by atoms with Crippen LogP contribution in [0.5, 0.6) is 11.5 Å². The van der Waals surface area contributed by atoms with Crippen LogP contribution in [0.1, 0.15) is 22.9 Å². The molecular weight excluding hydrogens is 436 g/mol. The van der Waals surface area contributed by atoms with E-state index >= 15 is 0 Å². The molecule has 0 aliphatic carbocycles. The molecule has 0 radical (unpaired) electrons. The number of halogens is 1. The van der Waals surface area contributed by atoms with Crippen molar-refractivity contribution in [2.75, 3.05) is 40.4 Å². The average molecular weight is 461 g/mol. The molecule has 4 nitrogen and oxygen atoms in total. The minimum absolute atomic E-state index is 0.173. The first-order valence-electron chi connectivity index (χ1n) is 9.56. The topological polar surface area (TPSA) is 33.7 Å². The molecule has 2 aromatic carbocycles. The minimum atomic E-state index is 0.173. The number of methoxy groups -OCH3 is 2. The second-order valence-electron chi connectivity index (χ2n) is 6.96. The number of nitrogens with one attached hydrogen (secondary N) is 1. The Morgan fingerprint density at radius 2 is 1.82 bits per heavy atom. The Bertz CT molecular complexity index is 918. The van der Waals surface area contributed by atoms with E-state index < -0.39 is 0 Å². The Morgan fingerprint density at radius 3 is 2.61 bits per heavy atom. The van der Waals surface area contributed by atoms with Crippen LogP contribution in [-0.4, -0.2) is 45.3 Å². The lowest BCUT2D eigenvalue weighted by molar-refractivity contribution is 0.242. The van der Waals surface area contributed by atoms with Crippen LogP contribution < -0.4 is 14.8 Å². The molecule has 148 valence electrons. The molecule has 0 saturated carbocycles. The van der Waals surface area contributed by atoms with Crippen molar-refractivity contribution in [3.63, 3.8) is 0 Å². The Labute approximate surface area is 178 Å². The summed E-state index contributed by atoms with van der Waals surface area (Å²) in [6, 6.07) is 15.3. The van der Waals surface area contributed by atoms with Gasteiger partial charge in [-0.15, -0.1) is 11.3 Å². The number of rotatable bonds is 5. The number of ether oxygens (including phenoxy) is 2. The summed E-state index contributed by atoms with van der Waals surface area (Å²) in [5.74, 6) is 1.51. The minimum Gasteiger partial charge on any atom is -0.493 e. The van der Waals surface area contributed by atoms with Gasteiger partial charge in [-0.2, -0.15) is 0 Å². The number of benzene rings is 2. The van der Waals surface area contributed by atoms with Crippen LogP contribution in [0.15, 0.2) is 46.9 Å². The molecule has 0 bridgehead atoms. The molecule has 4 rings (SSSR count). The number of nitrogens with zero attached hydrogens (tertiary/aromatic N) is 1. The maximum atomic E-state index is 5.62. The Kier molecular flexibility index (Phi) is 6.21. The fourth-order valence-corrected chi connectivity index (χ4v) is 5.63. The highest BCUT2D eigenvalue weighted by molar-refractivity contribution is 9.10. The van der Waals surface area contributed by atoms with E-state index in [1.165, 1.54) is 20.5 Å². The third-order valence-corrected chi connectivity index (χ3v) is 7.11. The largest absolute Gasteiger partial charge is 0.493 e. The van der Waals surface area contributed by atoms with Crippen LogP contribution >= 0.6 is 27.3 Å². The molecule has 1 N–H and O–H groups in total. The summed E-state index contributed by atoms with van der Waals surface area (Å²) in [6.07, 6.45) is 1.15. The van der Waals surface area contributed by atoms with Gasteiger partial charge in [0.05, 0.1) is 20.3 Å². The van der Waals surface area contributed by atoms with E-state index in [0.717, 1.165) is 48.6 Å². The van der Waals surface area contributed by atoms with Crippen molar-refractivity contribution in [2.24, 2.45) is 0 Å². The molecule has 0 spiro atoms. The SMILES string of the molecule is COc1cc(Br)c(C(c2cc3ccccc3s2)N2CCCNCC2)cc1OC. The van der Waals surface area contributed by atoms with Crippen molar-refractivity contribution in [3.05, 3.63) is 57.4 Å². The van der Waals surface area contributed by atoms with E-state index in [0.29, 0.717) is 0 Å². The molecule has 1 fully saturated rings. The first-order valence-corrected chi connectivity index (χ1v) is 11.2. The molecule has 1 unspecified atom stereocenters. The normalized spacial score (nSPS) is 16.7. The van der Waals surface area contributed by atoms with Gasteiger partial charge in [0.15, 0.2) is 11.5 Å². The number of hydrogen-bond acceptors (Lipinski definition) is 5. The second-order valence-corrected chi connectivity index (χ2v) is 8.93. The Hall–Kier alpha value is -1.60. The van der Waals surface area contributed by atoms with Crippen molar-refractivity contribution in [2.45, 2.75) is 12.5 Å². The summed E-state index contributed by atoms with van der Waals surface area (Å²) in [7, 11) is 3.37. The summed E-state index contributed by atoms with van der Waals surface area (Å²) >= 11 is 5.68. The third-order valence-electron chi connectivity index (χ3n) is 5.25. The standard InChI is InChI=1S/C22H25BrN2O2S/c1-26-18-13-16(17(23)14-19(18)27-2)22(25-10-5-8-24-9-11-25)21-12-15-6-3-4-7-20(15)28-21/h3-4,6-7,12-14,22,24H,5,8-11H2,1-2H3. The van der Waals surface area contributed by atoms with Gasteiger partial charge in [-0.25, -0.2) is 0 Å². The molecule has 6 heteroatoms. The van der Waals surface area contributed by atoms with Crippen LogP contribution in [0.25, 0.3) is 10.1 Å². The zero-order valence-electron chi connectivity index (χ0n) is 16.2. The van der Waals surface area contributed by atoms with Crippen LogP contribution in [0, 0.1) is 0 Å². The zero-order chi connectivity index (χ0) is 19.5. The molecule has 28 heavy (non-hydrogen) atoms. The molecule has 1 aromatic heterocycles. The van der Waals surface area contributed by atoms with E-state index in [1.807, 2.05) is 17.4 Å². The van der Waals surface area contributed by atoms with Crippen LogP contribution in [0.3, 0.4) is 0 Å². The molecule has 1 aliphatic heterocycles. The van der Waals surface area contributed by atoms with E-state index in [-0.39, 0.29) is 6.04 Å². The van der Waals surface area contributed by atoms with Gasteiger partial charge in [-0.05, 0) is 48.2 Å². The number of hydrogen-bond donors (Lipinski definition) is 1. The molecule has 1 atom stereocenters. The van der Waals surface area contributed by atoms with E-state index in [1.54, 1.807) is 14.2 Å². The second kappa shape index (κ2) is 8.82. The summed E-state index contributed by atoms with van der Waals surface area (Å²) < 4.78 is 13.5. The first kappa shape index (κ1) is 19.7. The van der Waals surface area contributed by atoms with Crippen molar-refractivity contribution in [1.82, 2.24) is 10.2 Å². The van der Waals surface area contributed by atoms with Crippen molar-refractivity contribution < 1.29 is 9.47 Å². The molecule has 1 saturated heterocycles. The lowest BCUT2D eigenvalue weighted by atomic mass is 10.0. The fraction of sp³-hybridized carbons (Fsp3) is 0.364. The van der Waals surface area contributed by atoms with Crippen LogP contribution in [0.2, 0.25) is 0 Å². The van der Waals surface area contributed by atoms with Gasteiger partial charge in [-0.3, -0.25) is 4.90 Å². The maximum Gasteiger partial charge on any atom is 0.161 e. The number of fused-ring (bicyclic) bond motifs is 1. The molecular formula is C22H25BrN2O2S. The third kappa shape index (κ3) is 3.92. The molecule has 0 amide bonds. The van der Waals surface area contributed by atoms with Crippen LogP contribution in [-0.2, 0) is 0 Å². The van der Waals surface area contributed by atoms with Gasteiger partial charge in [0.2, 0.25) is 0 Å². The zero-order valence-corrected chi connectivity index (χ0v) is 18.6. The van der Waals surface area contributed by atoms with E-state index in [2.05, 4.69) is 62.5 Å². The van der Waals surface area contributed by atoms with E-state index in [4.69, 9.17) is 9.47 Å². The monoisotopic (exact) mass is 460 g/mol. The van der Waals surface area contributed by atoms with Crippen molar-refractivity contribution in [1.29, 1.82) is 0 Å². The highest BCUT2D eigenvalue weighted by Gasteiger charge is 2.28. The summed E-state index contributed by atoms with van der Waals surface area (Å²) in [5.41, 5.74) is 1.21. The predicted molar refractivity (Wildman–Crippen MR) is 120 cm³/mol.